The second kappa shape index (κ2) is 12.0. The molecule has 0 aliphatic heterocycles. The Labute approximate surface area is 237 Å². The summed E-state index contributed by atoms with van der Waals surface area (Å²) in [5, 5.41) is 0. The highest BCUT2D eigenvalue weighted by Crippen LogP contribution is 2.53. The highest BCUT2D eigenvalue weighted by Gasteiger charge is 2.50. The molecule has 3 aromatic rings. The van der Waals surface area contributed by atoms with Gasteiger partial charge in [-0.15, -0.1) is 0 Å². The van der Waals surface area contributed by atoms with Crippen LogP contribution in [0.5, 0.6) is 0 Å². The third-order valence-corrected chi connectivity index (χ3v) is 8.63. The Balaban J connectivity index is 1.23. The number of rotatable bonds is 11. The molecule has 3 atom stereocenters. The Morgan fingerprint density at radius 3 is 2.60 bits per heavy atom. The van der Waals surface area contributed by atoms with E-state index in [0.29, 0.717) is 17.0 Å². The number of H-pyrrole nitrogens is 1. The molecule has 1 fully saturated rings. The molecule has 0 unspecified atom stereocenters. The molecule has 3 aliphatic rings. The molecule has 1 saturated carbocycles. The summed E-state index contributed by atoms with van der Waals surface area (Å²) in [6.45, 7) is 5.59. The molecular formula is C33H41N3O4. The lowest BCUT2D eigenvalue weighted by atomic mass is 9.60. The van der Waals surface area contributed by atoms with Crippen LogP contribution in [0.25, 0.3) is 16.6 Å². The van der Waals surface area contributed by atoms with Crippen LogP contribution in [0.3, 0.4) is 0 Å². The molecule has 1 N–H and O–H groups in total. The average Bonchev–Trinajstić information content (AvgIpc) is 3.39. The number of aromatic amines is 1. The number of ether oxygens (including phenoxy) is 2. The SMILES string of the molecule is COC(=O)c1cccc2[nH]c(CCCN(C)CC[C@@]3(OC(=O)C(C)C)C[C@@H]4CC[C@H]3C=C4c3ccccc3)nc12. The lowest BCUT2D eigenvalue weighted by Gasteiger charge is -2.50. The van der Waals surface area contributed by atoms with Gasteiger partial charge in [0.15, 0.2) is 0 Å². The molecule has 2 aromatic carbocycles. The molecule has 1 heterocycles. The van der Waals surface area contributed by atoms with Gasteiger partial charge in [0.05, 0.1) is 24.1 Å². The second-order valence-corrected chi connectivity index (χ2v) is 11.7. The molecule has 0 spiro atoms. The van der Waals surface area contributed by atoms with Crippen molar-refractivity contribution in [1.82, 2.24) is 14.9 Å². The van der Waals surface area contributed by atoms with Crippen molar-refractivity contribution in [3.8, 4) is 0 Å². The molecule has 40 heavy (non-hydrogen) atoms. The maximum atomic E-state index is 12.9. The van der Waals surface area contributed by atoms with Crippen LogP contribution in [0.4, 0.5) is 0 Å². The molecule has 0 radical (unpaired) electrons. The minimum atomic E-state index is -0.445. The number of benzene rings is 2. The van der Waals surface area contributed by atoms with E-state index in [1.54, 1.807) is 6.07 Å². The molecule has 1 aromatic heterocycles. The van der Waals surface area contributed by atoms with Crippen molar-refractivity contribution in [3.63, 3.8) is 0 Å². The summed E-state index contributed by atoms with van der Waals surface area (Å²) in [5.41, 5.74) is 4.24. The molecular weight excluding hydrogens is 502 g/mol. The van der Waals surface area contributed by atoms with Gasteiger partial charge < -0.3 is 19.4 Å². The van der Waals surface area contributed by atoms with Gasteiger partial charge in [-0.05, 0) is 68.5 Å². The van der Waals surface area contributed by atoms with E-state index in [0.717, 1.165) is 63.0 Å². The number of carbonyl (C=O) groups excluding carboxylic acids is 2. The van der Waals surface area contributed by atoms with Crippen molar-refractivity contribution in [2.45, 2.75) is 58.0 Å². The number of hydrogen-bond donors (Lipinski definition) is 1. The van der Waals surface area contributed by atoms with Crippen molar-refractivity contribution in [2.75, 3.05) is 27.2 Å². The standard InChI is InChI=1S/C33H41N3O4/c1-22(2)31(37)40-33(21-24-15-16-25(33)20-27(24)23-10-6-5-7-11-23)17-19-36(3)18-9-14-29-34-28-13-8-12-26(30(28)35-29)32(38)39-4/h5-8,10-13,20,22,24-25H,9,14-19,21H2,1-4H3,(H,34,35)/t24-,25-,33+/m0/s1. The zero-order valence-corrected chi connectivity index (χ0v) is 24.1. The van der Waals surface area contributed by atoms with Gasteiger partial charge in [-0.2, -0.15) is 0 Å². The summed E-state index contributed by atoms with van der Waals surface area (Å²) in [7, 11) is 3.52. The Kier molecular flexibility index (Phi) is 8.40. The first kappa shape index (κ1) is 28.1. The van der Waals surface area contributed by atoms with Gasteiger partial charge in [0.25, 0.3) is 0 Å². The highest BCUT2D eigenvalue weighted by atomic mass is 16.6. The minimum absolute atomic E-state index is 0.0962. The molecule has 2 bridgehead atoms. The number of nitrogens with zero attached hydrogens (tertiary/aromatic N) is 2. The number of carbonyl (C=O) groups is 2. The number of allylic oxidation sites excluding steroid dienone is 1. The Bertz CT molecular complexity index is 1380. The first-order valence-corrected chi connectivity index (χ1v) is 14.5. The summed E-state index contributed by atoms with van der Waals surface area (Å²) >= 11 is 0. The van der Waals surface area contributed by atoms with Crippen molar-refractivity contribution in [2.24, 2.45) is 17.8 Å². The van der Waals surface area contributed by atoms with E-state index in [-0.39, 0.29) is 23.8 Å². The van der Waals surface area contributed by atoms with E-state index in [1.165, 1.54) is 18.2 Å². The van der Waals surface area contributed by atoms with Crippen LogP contribution in [0.15, 0.2) is 54.6 Å². The first-order valence-electron chi connectivity index (χ1n) is 14.5. The van der Waals surface area contributed by atoms with Gasteiger partial charge >= 0.3 is 11.9 Å². The quantitative estimate of drug-likeness (QED) is 0.296. The Hall–Kier alpha value is -3.45. The monoisotopic (exact) mass is 543 g/mol. The van der Waals surface area contributed by atoms with Crippen LogP contribution in [0.2, 0.25) is 0 Å². The van der Waals surface area contributed by atoms with Gasteiger partial charge in [0, 0.05) is 25.3 Å². The van der Waals surface area contributed by atoms with Gasteiger partial charge in [0.1, 0.15) is 16.9 Å². The van der Waals surface area contributed by atoms with Gasteiger partial charge in [-0.1, -0.05) is 56.3 Å². The molecule has 0 amide bonds. The highest BCUT2D eigenvalue weighted by molar-refractivity contribution is 6.01. The minimum Gasteiger partial charge on any atom is -0.465 e. The van der Waals surface area contributed by atoms with Crippen LogP contribution >= 0.6 is 0 Å². The summed E-state index contributed by atoms with van der Waals surface area (Å²) < 4.78 is 11.3. The lowest BCUT2D eigenvalue weighted by molar-refractivity contribution is -0.176. The predicted octanol–water partition coefficient (Wildman–Crippen LogP) is 6.06. The van der Waals surface area contributed by atoms with Crippen LogP contribution in [-0.4, -0.2) is 59.7 Å². The van der Waals surface area contributed by atoms with Gasteiger partial charge in [0.2, 0.25) is 0 Å². The largest absolute Gasteiger partial charge is 0.465 e. The number of imidazole rings is 1. The number of esters is 2. The fourth-order valence-corrected chi connectivity index (χ4v) is 6.39. The van der Waals surface area contributed by atoms with Crippen LogP contribution in [-0.2, 0) is 20.7 Å². The van der Waals surface area contributed by atoms with E-state index in [2.05, 4.69) is 58.3 Å². The van der Waals surface area contributed by atoms with Crippen LogP contribution in [0, 0.1) is 17.8 Å². The number of nitrogens with one attached hydrogen (secondary N) is 1. The van der Waals surface area contributed by atoms with E-state index < -0.39 is 5.60 Å². The van der Waals surface area contributed by atoms with Crippen LogP contribution < -0.4 is 0 Å². The number of aryl methyl sites for hydroxylation is 1. The molecule has 7 nitrogen and oxygen atoms in total. The topological polar surface area (TPSA) is 84.5 Å². The second-order valence-electron chi connectivity index (χ2n) is 11.7. The van der Waals surface area contributed by atoms with Crippen LogP contribution in [0.1, 0.15) is 67.7 Å². The summed E-state index contributed by atoms with van der Waals surface area (Å²) in [6, 6.07) is 16.2. The fourth-order valence-electron chi connectivity index (χ4n) is 6.39. The lowest BCUT2D eigenvalue weighted by Crippen LogP contribution is -2.51. The molecule has 0 saturated heterocycles. The zero-order valence-electron chi connectivity index (χ0n) is 24.1. The molecule has 212 valence electrons. The number of hydrogen-bond acceptors (Lipinski definition) is 6. The van der Waals surface area contributed by atoms with E-state index >= 15 is 0 Å². The number of para-hydroxylation sites is 1. The summed E-state index contributed by atoms with van der Waals surface area (Å²) in [6.07, 6.45) is 8.05. The summed E-state index contributed by atoms with van der Waals surface area (Å²) in [4.78, 5) is 35.3. The van der Waals surface area contributed by atoms with Crippen molar-refractivity contribution in [3.05, 3.63) is 71.6 Å². The molecule has 7 heteroatoms. The fraction of sp³-hybridized carbons (Fsp3) is 0.485. The molecule has 6 rings (SSSR count). The van der Waals surface area contributed by atoms with E-state index in [4.69, 9.17) is 9.47 Å². The predicted molar refractivity (Wildman–Crippen MR) is 157 cm³/mol. The smallest absolute Gasteiger partial charge is 0.340 e. The first-order chi connectivity index (χ1) is 19.3. The van der Waals surface area contributed by atoms with Crippen molar-refractivity contribution < 1.29 is 19.1 Å². The number of aromatic nitrogens is 2. The maximum Gasteiger partial charge on any atom is 0.340 e. The Morgan fingerprint density at radius 1 is 1.10 bits per heavy atom. The maximum absolute atomic E-state index is 12.9. The number of methoxy groups -OCH3 is 1. The number of fused-ring (bicyclic) bond motifs is 3. The Morgan fingerprint density at radius 2 is 1.90 bits per heavy atom. The van der Waals surface area contributed by atoms with E-state index in [9.17, 15) is 9.59 Å². The average molecular weight is 544 g/mol. The summed E-state index contributed by atoms with van der Waals surface area (Å²) in [5.74, 6) is 0.907. The van der Waals surface area contributed by atoms with Crippen molar-refractivity contribution >= 4 is 28.5 Å². The third-order valence-electron chi connectivity index (χ3n) is 8.63. The van der Waals surface area contributed by atoms with Gasteiger partial charge in [-0.25, -0.2) is 9.78 Å². The zero-order chi connectivity index (χ0) is 28.3. The van der Waals surface area contributed by atoms with Crippen molar-refractivity contribution in [1.29, 1.82) is 0 Å². The molecule has 3 aliphatic carbocycles. The van der Waals surface area contributed by atoms with Gasteiger partial charge in [-0.3, -0.25) is 4.79 Å². The normalized spacial score (nSPS) is 22.1. The van der Waals surface area contributed by atoms with E-state index in [1.807, 2.05) is 26.0 Å². The third kappa shape index (κ3) is 5.85.